The van der Waals surface area contributed by atoms with E-state index in [-0.39, 0.29) is 22.3 Å². The smallest absolute Gasteiger partial charge is 0.334 e. The van der Waals surface area contributed by atoms with Gasteiger partial charge in [0, 0.05) is 18.5 Å². The Kier molecular flexibility index (Phi) is 6.58. The van der Waals surface area contributed by atoms with Crippen LogP contribution in [0.1, 0.15) is 16.7 Å². The highest BCUT2D eigenvalue weighted by atomic mass is 35.5. The number of nitrogens with two attached hydrogens (primary N) is 1. The first-order valence-electron chi connectivity index (χ1n) is 9.05. The van der Waals surface area contributed by atoms with Crippen molar-refractivity contribution in [3.8, 4) is 11.5 Å². The molecule has 30 heavy (non-hydrogen) atoms. The minimum atomic E-state index is -0.549. The summed E-state index contributed by atoms with van der Waals surface area (Å²) in [4.78, 5) is 15.4. The van der Waals surface area contributed by atoms with E-state index in [1.54, 1.807) is 38.5 Å². The van der Waals surface area contributed by atoms with E-state index in [4.69, 9.17) is 26.8 Å². The number of nitro groups is 1. The van der Waals surface area contributed by atoms with E-state index in [1.165, 1.54) is 0 Å². The highest BCUT2D eigenvalue weighted by molar-refractivity contribution is 6.31. The van der Waals surface area contributed by atoms with Gasteiger partial charge >= 0.3 is 5.69 Å². The number of nitrogen functional groups attached to an aromatic ring is 1. The number of anilines is 2. The molecule has 1 heterocycles. The Morgan fingerprint density at radius 2 is 1.57 bits per heavy atom. The summed E-state index contributed by atoms with van der Waals surface area (Å²) in [5.41, 5.74) is 8.02. The first kappa shape index (κ1) is 21.2. The van der Waals surface area contributed by atoms with Gasteiger partial charge in [-0.2, -0.15) is 0 Å². The summed E-state index contributed by atoms with van der Waals surface area (Å²) in [6.07, 6.45) is 0.307. The quantitative estimate of drug-likeness (QED) is 0.309. The Morgan fingerprint density at radius 1 is 1.03 bits per heavy atom. The minimum Gasteiger partial charge on any atom is -0.497 e. The van der Waals surface area contributed by atoms with Crippen molar-refractivity contribution in [2.45, 2.75) is 13.0 Å². The van der Waals surface area contributed by atoms with Crippen LogP contribution in [0.4, 0.5) is 17.2 Å². The van der Waals surface area contributed by atoms with Crippen molar-refractivity contribution in [3.63, 3.8) is 0 Å². The van der Waals surface area contributed by atoms with E-state index in [2.05, 4.69) is 10.3 Å². The summed E-state index contributed by atoms with van der Waals surface area (Å²) in [7, 11) is 3.16. The molecule has 0 aliphatic rings. The molecule has 0 aliphatic heterocycles. The monoisotopic (exact) mass is 428 g/mol. The van der Waals surface area contributed by atoms with Crippen LogP contribution < -0.4 is 20.5 Å². The molecule has 3 aromatic rings. The van der Waals surface area contributed by atoms with Gasteiger partial charge in [-0.15, -0.1) is 0 Å². The molecule has 156 valence electrons. The first-order chi connectivity index (χ1) is 14.4. The lowest BCUT2D eigenvalue weighted by Gasteiger charge is -2.13. The third-order valence-corrected chi connectivity index (χ3v) is 4.92. The number of rotatable bonds is 8. The summed E-state index contributed by atoms with van der Waals surface area (Å²) >= 11 is 6.35. The molecule has 0 amide bonds. The Labute approximate surface area is 178 Å². The lowest BCUT2D eigenvalue weighted by molar-refractivity contribution is -0.383. The molecule has 0 bridgehead atoms. The van der Waals surface area contributed by atoms with Gasteiger partial charge in [-0.3, -0.25) is 10.1 Å². The second-order valence-corrected chi connectivity index (χ2v) is 6.83. The molecule has 1 aromatic heterocycles. The van der Waals surface area contributed by atoms with Gasteiger partial charge in [0.2, 0.25) is 5.82 Å². The fraction of sp³-hybridized carbons (Fsp3) is 0.190. The first-order valence-corrected chi connectivity index (χ1v) is 9.42. The van der Waals surface area contributed by atoms with Gasteiger partial charge in [-0.1, -0.05) is 35.9 Å². The van der Waals surface area contributed by atoms with Crippen molar-refractivity contribution in [3.05, 3.63) is 80.5 Å². The van der Waals surface area contributed by atoms with Gasteiger partial charge in [0.05, 0.1) is 19.1 Å². The second-order valence-electron chi connectivity index (χ2n) is 6.48. The highest BCUT2D eigenvalue weighted by Crippen LogP contribution is 2.37. The van der Waals surface area contributed by atoms with Gasteiger partial charge in [-0.25, -0.2) is 4.98 Å². The van der Waals surface area contributed by atoms with Gasteiger partial charge in [0.15, 0.2) is 0 Å². The molecular weight excluding hydrogens is 408 g/mol. The van der Waals surface area contributed by atoms with Crippen LogP contribution in [0.25, 0.3) is 0 Å². The van der Waals surface area contributed by atoms with Crippen LogP contribution in [0.3, 0.4) is 0 Å². The molecule has 0 saturated heterocycles. The van der Waals surface area contributed by atoms with E-state index < -0.39 is 4.92 Å². The summed E-state index contributed by atoms with van der Waals surface area (Å²) in [5, 5.41) is 14.8. The van der Waals surface area contributed by atoms with Crippen LogP contribution in [0, 0.1) is 10.1 Å². The van der Waals surface area contributed by atoms with E-state index in [0.29, 0.717) is 24.3 Å². The molecule has 3 rings (SSSR count). The van der Waals surface area contributed by atoms with Crippen molar-refractivity contribution in [2.75, 3.05) is 25.3 Å². The molecule has 0 spiro atoms. The maximum absolute atomic E-state index is 11.7. The van der Waals surface area contributed by atoms with Gasteiger partial charge < -0.3 is 20.5 Å². The number of aromatic nitrogens is 1. The average molecular weight is 429 g/mol. The Morgan fingerprint density at radius 3 is 2.07 bits per heavy atom. The maximum Gasteiger partial charge on any atom is 0.334 e. The Hall–Kier alpha value is -3.52. The summed E-state index contributed by atoms with van der Waals surface area (Å²) in [6.45, 7) is 0.311. The molecule has 0 atom stereocenters. The number of methoxy groups -OCH3 is 2. The zero-order chi connectivity index (χ0) is 21.7. The van der Waals surface area contributed by atoms with Crippen LogP contribution in [-0.2, 0) is 13.0 Å². The number of hydrogen-bond acceptors (Lipinski definition) is 7. The molecule has 2 aromatic carbocycles. The van der Waals surface area contributed by atoms with Gasteiger partial charge in [0.25, 0.3) is 0 Å². The van der Waals surface area contributed by atoms with Crippen molar-refractivity contribution in [1.82, 2.24) is 4.98 Å². The molecule has 0 aliphatic carbocycles. The third-order valence-electron chi connectivity index (χ3n) is 4.61. The lowest BCUT2D eigenvalue weighted by atomic mass is 10.0. The topological polar surface area (TPSA) is 113 Å². The fourth-order valence-electron chi connectivity index (χ4n) is 2.95. The highest BCUT2D eigenvalue weighted by Gasteiger charge is 2.26. The third kappa shape index (κ3) is 4.72. The zero-order valence-electron chi connectivity index (χ0n) is 16.5. The van der Waals surface area contributed by atoms with Crippen molar-refractivity contribution in [1.29, 1.82) is 0 Å². The SMILES string of the molecule is COc1ccc(CNc2nc(Cl)c(Cc3ccc(OC)cc3)c(N)c2[N+](=O)[O-])cc1. The van der Waals surface area contributed by atoms with Crippen molar-refractivity contribution >= 4 is 28.8 Å². The normalized spacial score (nSPS) is 10.5. The number of nitrogens with zero attached hydrogens (tertiary/aromatic N) is 2. The number of ether oxygens (including phenoxy) is 2. The molecule has 0 unspecified atom stereocenters. The van der Waals surface area contributed by atoms with E-state index in [0.717, 1.165) is 16.9 Å². The van der Waals surface area contributed by atoms with E-state index in [1.807, 2.05) is 24.3 Å². The molecule has 8 nitrogen and oxygen atoms in total. The van der Waals surface area contributed by atoms with Crippen LogP contribution in [0.15, 0.2) is 48.5 Å². The van der Waals surface area contributed by atoms with Crippen molar-refractivity contribution in [2.24, 2.45) is 0 Å². The molecule has 9 heteroatoms. The van der Waals surface area contributed by atoms with Crippen LogP contribution >= 0.6 is 11.6 Å². The standard InChI is InChI=1S/C21H21ClN4O4/c1-29-15-7-3-13(4-8-15)11-17-18(23)19(26(27)28)21(25-20(17)22)24-12-14-5-9-16(30-2)10-6-14/h3-10H,11-12H2,1-2H3,(H3,23,24,25). The van der Waals surface area contributed by atoms with Crippen LogP contribution in [0.2, 0.25) is 5.15 Å². The lowest BCUT2D eigenvalue weighted by Crippen LogP contribution is -2.10. The second kappa shape index (κ2) is 9.32. The van der Waals surface area contributed by atoms with E-state index >= 15 is 0 Å². The number of halogens is 1. The number of benzene rings is 2. The van der Waals surface area contributed by atoms with Crippen LogP contribution in [-0.4, -0.2) is 24.1 Å². The van der Waals surface area contributed by atoms with Gasteiger partial charge in [0.1, 0.15) is 22.3 Å². The number of pyridine rings is 1. The summed E-state index contributed by atoms with van der Waals surface area (Å²) < 4.78 is 10.3. The predicted molar refractivity (Wildman–Crippen MR) is 116 cm³/mol. The zero-order valence-corrected chi connectivity index (χ0v) is 17.3. The Bertz CT molecular complexity index is 1040. The minimum absolute atomic E-state index is 0.00644. The largest absolute Gasteiger partial charge is 0.497 e. The van der Waals surface area contributed by atoms with Crippen molar-refractivity contribution < 1.29 is 14.4 Å². The van der Waals surface area contributed by atoms with E-state index in [9.17, 15) is 10.1 Å². The average Bonchev–Trinajstić information content (AvgIpc) is 2.75. The fourth-order valence-corrected chi connectivity index (χ4v) is 3.21. The van der Waals surface area contributed by atoms with Crippen LogP contribution in [0.5, 0.6) is 11.5 Å². The molecule has 3 N–H and O–H groups in total. The molecule has 0 fully saturated rings. The maximum atomic E-state index is 11.7. The number of hydrogen-bond donors (Lipinski definition) is 2. The molecule has 0 saturated carbocycles. The summed E-state index contributed by atoms with van der Waals surface area (Å²) in [6, 6.07) is 14.6. The predicted octanol–water partition coefficient (Wildman–Crippen LogP) is 4.45. The molecular formula is C21H21ClN4O4. The molecule has 0 radical (unpaired) electrons. The van der Waals surface area contributed by atoms with Gasteiger partial charge in [-0.05, 0) is 35.4 Å². The number of nitrogens with one attached hydrogen (secondary N) is 1. The Balaban J connectivity index is 1.87. The summed E-state index contributed by atoms with van der Waals surface area (Å²) in [5.74, 6) is 1.45.